The Labute approximate surface area is 133 Å². The number of carbonyl (C=O) groups is 1. The molecule has 2 N–H and O–H groups in total. The zero-order valence-electron chi connectivity index (χ0n) is 13.8. The van der Waals surface area contributed by atoms with E-state index >= 15 is 0 Å². The maximum atomic E-state index is 12.4. The summed E-state index contributed by atoms with van der Waals surface area (Å²) >= 11 is 0. The molecule has 0 aliphatic carbocycles. The number of piperidine rings is 1. The smallest absolute Gasteiger partial charge is 0.241 e. The zero-order valence-corrected chi connectivity index (χ0v) is 13.8. The number of likely N-dealkylation sites (tertiary alicyclic amines) is 1. The molecular formula is C17H27N3O2. The zero-order chi connectivity index (χ0) is 15.9. The molecule has 2 atom stereocenters. The van der Waals surface area contributed by atoms with Crippen molar-refractivity contribution >= 4 is 11.6 Å². The van der Waals surface area contributed by atoms with Crippen LogP contribution in [0.4, 0.5) is 5.69 Å². The van der Waals surface area contributed by atoms with E-state index in [0.29, 0.717) is 12.6 Å². The SMILES string of the molecule is CCOc1ccc(NC(=O)C(C)N2CCCC(NC)C2)cc1. The van der Waals surface area contributed by atoms with E-state index < -0.39 is 0 Å². The van der Waals surface area contributed by atoms with Crippen LogP contribution in [0.2, 0.25) is 0 Å². The van der Waals surface area contributed by atoms with Crippen molar-refractivity contribution in [3.8, 4) is 5.75 Å². The molecule has 0 saturated carbocycles. The van der Waals surface area contributed by atoms with E-state index in [-0.39, 0.29) is 11.9 Å². The molecule has 1 aliphatic heterocycles. The molecule has 1 saturated heterocycles. The number of rotatable bonds is 6. The molecule has 0 aromatic heterocycles. The Hall–Kier alpha value is -1.59. The number of ether oxygens (including phenoxy) is 1. The van der Waals surface area contributed by atoms with Crippen molar-refractivity contribution in [2.24, 2.45) is 0 Å². The first-order valence-electron chi connectivity index (χ1n) is 8.09. The standard InChI is InChI=1S/C17H27N3O2/c1-4-22-16-9-7-14(8-10-16)19-17(21)13(2)20-11-5-6-15(12-20)18-3/h7-10,13,15,18H,4-6,11-12H2,1-3H3,(H,19,21). The van der Waals surface area contributed by atoms with Gasteiger partial charge in [0, 0.05) is 18.3 Å². The van der Waals surface area contributed by atoms with Crippen LogP contribution in [0.3, 0.4) is 0 Å². The number of amides is 1. The topological polar surface area (TPSA) is 53.6 Å². The number of nitrogens with one attached hydrogen (secondary N) is 2. The van der Waals surface area contributed by atoms with Crippen LogP contribution in [0.25, 0.3) is 0 Å². The highest BCUT2D eigenvalue weighted by Crippen LogP contribution is 2.17. The van der Waals surface area contributed by atoms with Crippen molar-refractivity contribution in [2.45, 2.75) is 38.8 Å². The normalized spacial score (nSPS) is 20.4. The summed E-state index contributed by atoms with van der Waals surface area (Å²) in [6, 6.07) is 7.87. The second kappa shape index (κ2) is 8.15. The summed E-state index contributed by atoms with van der Waals surface area (Å²) in [5, 5.41) is 6.29. The van der Waals surface area contributed by atoms with Crippen LogP contribution >= 0.6 is 0 Å². The number of anilines is 1. The maximum absolute atomic E-state index is 12.4. The van der Waals surface area contributed by atoms with Gasteiger partial charge in [0.15, 0.2) is 0 Å². The highest BCUT2D eigenvalue weighted by molar-refractivity contribution is 5.94. The third-order valence-corrected chi connectivity index (χ3v) is 4.22. The molecule has 0 spiro atoms. The molecule has 1 aromatic carbocycles. The Morgan fingerprint density at radius 1 is 1.41 bits per heavy atom. The minimum Gasteiger partial charge on any atom is -0.494 e. The highest BCUT2D eigenvalue weighted by atomic mass is 16.5. The predicted molar refractivity (Wildman–Crippen MR) is 89.4 cm³/mol. The Morgan fingerprint density at radius 3 is 2.77 bits per heavy atom. The first-order chi connectivity index (χ1) is 10.6. The molecular weight excluding hydrogens is 278 g/mol. The highest BCUT2D eigenvalue weighted by Gasteiger charge is 2.26. The van der Waals surface area contributed by atoms with Crippen molar-refractivity contribution in [3.05, 3.63) is 24.3 Å². The maximum Gasteiger partial charge on any atom is 0.241 e. The van der Waals surface area contributed by atoms with Gasteiger partial charge in [0.1, 0.15) is 5.75 Å². The minimum atomic E-state index is -0.122. The molecule has 0 radical (unpaired) electrons. The van der Waals surface area contributed by atoms with Crippen molar-refractivity contribution in [2.75, 3.05) is 32.1 Å². The lowest BCUT2D eigenvalue weighted by Gasteiger charge is -2.35. The molecule has 2 unspecified atom stereocenters. The van der Waals surface area contributed by atoms with Crippen molar-refractivity contribution < 1.29 is 9.53 Å². The van der Waals surface area contributed by atoms with E-state index in [1.54, 1.807) is 0 Å². The van der Waals surface area contributed by atoms with E-state index in [2.05, 4.69) is 15.5 Å². The van der Waals surface area contributed by atoms with Crippen molar-refractivity contribution in [3.63, 3.8) is 0 Å². The average Bonchev–Trinajstić information content (AvgIpc) is 2.56. The molecule has 1 aliphatic rings. The quantitative estimate of drug-likeness (QED) is 0.845. The summed E-state index contributed by atoms with van der Waals surface area (Å²) in [5.41, 5.74) is 0.808. The van der Waals surface area contributed by atoms with Gasteiger partial charge in [0.05, 0.1) is 12.6 Å². The number of hydrogen-bond donors (Lipinski definition) is 2. The number of likely N-dealkylation sites (N-methyl/N-ethyl adjacent to an activating group) is 1. The summed E-state index contributed by atoms with van der Waals surface area (Å²) in [7, 11) is 1.98. The second-order valence-electron chi connectivity index (χ2n) is 5.75. The van der Waals surface area contributed by atoms with Crippen molar-refractivity contribution in [1.82, 2.24) is 10.2 Å². The lowest BCUT2D eigenvalue weighted by molar-refractivity contribution is -0.121. The first kappa shape index (κ1) is 16.8. The van der Waals surface area contributed by atoms with Crippen molar-refractivity contribution in [1.29, 1.82) is 0 Å². The van der Waals surface area contributed by atoms with Gasteiger partial charge >= 0.3 is 0 Å². The Bertz CT molecular complexity index is 475. The Morgan fingerprint density at radius 2 is 2.14 bits per heavy atom. The van der Waals surface area contributed by atoms with Crippen LogP contribution in [0, 0.1) is 0 Å². The molecule has 1 aromatic rings. The minimum absolute atomic E-state index is 0.0425. The van der Waals surface area contributed by atoms with Crippen LogP contribution < -0.4 is 15.4 Å². The summed E-state index contributed by atoms with van der Waals surface area (Å²) in [6.07, 6.45) is 2.31. The molecule has 122 valence electrons. The fourth-order valence-electron chi connectivity index (χ4n) is 2.81. The van der Waals surface area contributed by atoms with Crippen LogP contribution in [0.5, 0.6) is 5.75 Å². The van der Waals surface area contributed by atoms with Gasteiger partial charge in [-0.25, -0.2) is 0 Å². The van der Waals surface area contributed by atoms with E-state index in [9.17, 15) is 4.79 Å². The van der Waals surface area contributed by atoms with Crippen LogP contribution in [0.15, 0.2) is 24.3 Å². The summed E-state index contributed by atoms with van der Waals surface area (Å²) in [6.45, 7) is 6.48. The monoisotopic (exact) mass is 305 g/mol. The fraction of sp³-hybridized carbons (Fsp3) is 0.588. The van der Waals surface area contributed by atoms with Gasteiger partial charge < -0.3 is 15.4 Å². The number of benzene rings is 1. The molecule has 1 fully saturated rings. The average molecular weight is 305 g/mol. The molecule has 5 heteroatoms. The lowest BCUT2D eigenvalue weighted by atomic mass is 10.0. The molecule has 1 heterocycles. The van der Waals surface area contributed by atoms with Gasteiger partial charge in [-0.15, -0.1) is 0 Å². The second-order valence-corrected chi connectivity index (χ2v) is 5.75. The number of nitrogens with zero attached hydrogens (tertiary/aromatic N) is 1. The van der Waals surface area contributed by atoms with Gasteiger partial charge in [-0.2, -0.15) is 0 Å². The Kier molecular flexibility index (Phi) is 6.21. The van der Waals surface area contributed by atoms with Gasteiger partial charge in [0.25, 0.3) is 0 Å². The number of carbonyl (C=O) groups excluding carboxylic acids is 1. The molecule has 22 heavy (non-hydrogen) atoms. The molecule has 1 amide bonds. The van der Waals surface area contributed by atoms with Gasteiger partial charge in [0.2, 0.25) is 5.91 Å². The van der Waals surface area contributed by atoms with Gasteiger partial charge in [-0.05, 0) is 64.5 Å². The molecule has 2 rings (SSSR count). The van der Waals surface area contributed by atoms with Crippen LogP contribution in [-0.4, -0.2) is 49.6 Å². The van der Waals surface area contributed by atoms with E-state index in [4.69, 9.17) is 4.74 Å². The largest absolute Gasteiger partial charge is 0.494 e. The van der Waals surface area contributed by atoms with Gasteiger partial charge in [-0.3, -0.25) is 9.69 Å². The van der Waals surface area contributed by atoms with Crippen LogP contribution in [-0.2, 0) is 4.79 Å². The summed E-state index contributed by atoms with van der Waals surface area (Å²) in [5.74, 6) is 0.863. The Balaban J connectivity index is 1.90. The number of hydrogen-bond acceptors (Lipinski definition) is 4. The first-order valence-corrected chi connectivity index (χ1v) is 8.09. The van der Waals surface area contributed by atoms with E-state index in [1.165, 1.54) is 6.42 Å². The third-order valence-electron chi connectivity index (χ3n) is 4.22. The lowest BCUT2D eigenvalue weighted by Crippen LogP contribution is -2.51. The fourth-order valence-corrected chi connectivity index (χ4v) is 2.81. The predicted octanol–water partition coefficient (Wildman–Crippen LogP) is 2.10. The van der Waals surface area contributed by atoms with Gasteiger partial charge in [-0.1, -0.05) is 0 Å². The van der Waals surface area contributed by atoms with Crippen LogP contribution in [0.1, 0.15) is 26.7 Å². The van der Waals surface area contributed by atoms with E-state index in [1.807, 2.05) is 45.2 Å². The third kappa shape index (κ3) is 4.45. The van der Waals surface area contributed by atoms with E-state index in [0.717, 1.165) is 30.9 Å². The summed E-state index contributed by atoms with van der Waals surface area (Å²) in [4.78, 5) is 14.7. The molecule has 0 bridgehead atoms. The molecule has 5 nitrogen and oxygen atoms in total. The summed E-state index contributed by atoms with van der Waals surface area (Å²) < 4.78 is 5.40.